The molecule has 0 unspecified atom stereocenters. The number of likely N-dealkylation sites (tertiary alicyclic amines) is 1. The molecule has 0 aromatic heterocycles. The zero-order chi connectivity index (χ0) is 24.5. The summed E-state index contributed by atoms with van der Waals surface area (Å²) in [6, 6.07) is 12.7. The molecule has 0 N–H and O–H groups in total. The van der Waals surface area contributed by atoms with Gasteiger partial charge in [-0.2, -0.15) is 12.6 Å². The largest absolute Gasteiger partial charge is 0.497 e. The Bertz CT molecular complexity index is 1040. The van der Waals surface area contributed by atoms with Crippen molar-refractivity contribution >= 4 is 36.2 Å². The van der Waals surface area contributed by atoms with Crippen molar-refractivity contribution in [2.24, 2.45) is 5.16 Å². The van der Waals surface area contributed by atoms with Crippen LogP contribution in [-0.2, 0) is 32.3 Å². The summed E-state index contributed by atoms with van der Waals surface area (Å²) in [4.78, 5) is 40.9. The Morgan fingerprint density at radius 2 is 1.71 bits per heavy atom. The van der Waals surface area contributed by atoms with Crippen molar-refractivity contribution in [1.29, 1.82) is 0 Å². The smallest absolute Gasteiger partial charge is 0.415 e. The summed E-state index contributed by atoms with van der Waals surface area (Å²) in [6.45, 7) is -0.173. The number of nitrogens with zero attached hydrogens (tertiary/aromatic N) is 3. The number of methoxy groups -OCH3 is 1. The number of rotatable bonds is 9. The van der Waals surface area contributed by atoms with Crippen LogP contribution in [0, 0.1) is 10.1 Å². The quantitative estimate of drug-likeness (QED) is 0.246. The van der Waals surface area contributed by atoms with Crippen molar-refractivity contribution in [1.82, 2.24) is 4.90 Å². The first-order valence-electron chi connectivity index (χ1n) is 10.2. The van der Waals surface area contributed by atoms with Crippen LogP contribution in [0.4, 0.5) is 10.5 Å². The topological polar surface area (TPSA) is 130 Å². The van der Waals surface area contributed by atoms with E-state index in [-0.39, 0.29) is 36.5 Å². The molecule has 0 bridgehead atoms. The zero-order valence-electron chi connectivity index (χ0n) is 18.3. The number of non-ortho nitro benzene ring substituents is 1. The molecule has 0 radical (unpaired) electrons. The van der Waals surface area contributed by atoms with E-state index in [2.05, 4.69) is 17.8 Å². The number of carbonyl (C=O) groups is 2. The molecule has 1 atom stereocenters. The number of amides is 1. The fourth-order valence-corrected chi connectivity index (χ4v) is 3.32. The van der Waals surface area contributed by atoms with Crippen LogP contribution in [0.3, 0.4) is 0 Å². The van der Waals surface area contributed by atoms with E-state index in [0.29, 0.717) is 17.7 Å². The second-order valence-electron chi connectivity index (χ2n) is 7.24. The van der Waals surface area contributed by atoms with Gasteiger partial charge in [0, 0.05) is 30.3 Å². The fraction of sp³-hybridized carbons (Fsp3) is 0.318. The first-order chi connectivity index (χ1) is 16.4. The number of hydrogen-bond acceptors (Lipinski definition) is 10. The lowest BCUT2D eigenvalue weighted by molar-refractivity contribution is -0.384. The number of esters is 1. The predicted octanol–water partition coefficient (Wildman–Crippen LogP) is 3.32. The SMILES string of the molecule is COc1ccc(COC(=O)CON=C2C[C@H](S)CN2C(=O)OCc2ccc([N+](=O)[O-])cc2)cc1. The van der Waals surface area contributed by atoms with Crippen molar-refractivity contribution < 1.29 is 33.6 Å². The van der Waals surface area contributed by atoms with Crippen LogP contribution < -0.4 is 4.74 Å². The molecule has 2 aromatic carbocycles. The van der Waals surface area contributed by atoms with Crippen molar-refractivity contribution in [2.45, 2.75) is 24.9 Å². The Labute approximate surface area is 200 Å². The highest BCUT2D eigenvalue weighted by atomic mass is 32.1. The first kappa shape index (κ1) is 24.8. The van der Waals surface area contributed by atoms with Crippen LogP contribution in [0.2, 0.25) is 0 Å². The predicted molar refractivity (Wildman–Crippen MR) is 124 cm³/mol. The van der Waals surface area contributed by atoms with Crippen LogP contribution in [0.25, 0.3) is 0 Å². The van der Waals surface area contributed by atoms with Gasteiger partial charge in [-0.05, 0) is 35.4 Å². The summed E-state index contributed by atoms with van der Waals surface area (Å²) in [5, 5.41) is 14.4. The molecule has 12 heteroatoms. The summed E-state index contributed by atoms with van der Waals surface area (Å²) < 4.78 is 15.5. The molecule has 1 aliphatic heterocycles. The average Bonchev–Trinajstić information content (AvgIpc) is 3.22. The molecule has 3 rings (SSSR count). The van der Waals surface area contributed by atoms with Gasteiger partial charge in [0.15, 0.2) is 5.84 Å². The molecule has 1 amide bonds. The van der Waals surface area contributed by atoms with E-state index in [1.54, 1.807) is 31.4 Å². The number of nitro groups is 1. The van der Waals surface area contributed by atoms with Gasteiger partial charge >= 0.3 is 12.1 Å². The number of amidine groups is 1. The summed E-state index contributed by atoms with van der Waals surface area (Å²) in [6.07, 6.45) is -0.323. The molecule has 11 nitrogen and oxygen atoms in total. The van der Waals surface area contributed by atoms with Gasteiger partial charge in [-0.15, -0.1) is 0 Å². The highest BCUT2D eigenvalue weighted by molar-refractivity contribution is 7.81. The van der Waals surface area contributed by atoms with E-state index < -0.39 is 23.6 Å². The minimum Gasteiger partial charge on any atom is -0.497 e. The third-order valence-electron chi connectivity index (χ3n) is 4.76. The van der Waals surface area contributed by atoms with Gasteiger partial charge in [0.1, 0.15) is 19.0 Å². The van der Waals surface area contributed by atoms with E-state index in [9.17, 15) is 19.7 Å². The lowest BCUT2D eigenvalue weighted by Gasteiger charge is -2.16. The molecule has 180 valence electrons. The molecule has 0 aliphatic carbocycles. The van der Waals surface area contributed by atoms with E-state index in [0.717, 1.165) is 5.56 Å². The minimum atomic E-state index is -0.667. The first-order valence-corrected chi connectivity index (χ1v) is 10.7. The molecule has 0 saturated carbocycles. The minimum absolute atomic E-state index is 0.0540. The van der Waals surface area contributed by atoms with E-state index >= 15 is 0 Å². The average molecular weight is 490 g/mol. The number of benzene rings is 2. The lowest BCUT2D eigenvalue weighted by Crippen LogP contribution is -2.33. The molecule has 0 spiro atoms. The summed E-state index contributed by atoms with van der Waals surface area (Å²) in [5.74, 6) is 0.355. The Kier molecular flexibility index (Phi) is 8.68. The Hall–Kier alpha value is -3.80. The molecule has 1 saturated heterocycles. The second kappa shape index (κ2) is 11.9. The molecule has 2 aromatic rings. The number of hydrogen-bond donors (Lipinski definition) is 1. The number of nitro benzene ring substituents is 1. The number of thiol groups is 1. The van der Waals surface area contributed by atoms with Crippen molar-refractivity contribution in [3.63, 3.8) is 0 Å². The lowest BCUT2D eigenvalue weighted by atomic mass is 10.2. The highest BCUT2D eigenvalue weighted by Crippen LogP contribution is 2.20. The van der Waals surface area contributed by atoms with E-state index in [1.165, 1.54) is 29.2 Å². The van der Waals surface area contributed by atoms with Crippen LogP contribution in [0.5, 0.6) is 5.75 Å². The van der Waals surface area contributed by atoms with Gasteiger partial charge in [-0.25, -0.2) is 9.59 Å². The van der Waals surface area contributed by atoms with Crippen LogP contribution >= 0.6 is 12.6 Å². The maximum absolute atomic E-state index is 12.5. The van der Waals surface area contributed by atoms with E-state index in [4.69, 9.17) is 19.0 Å². The van der Waals surface area contributed by atoms with Gasteiger partial charge in [-0.1, -0.05) is 17.3 Å². The van der Waals surface area contributed by atoms with Gasteiger partial charge in [0.2, 0.25) is 6.61 Å². The summed E-state index contributed by atoms with van der Waals surface area (Å²) in [7, 11) is 1.56. The highest BCUT2D eigenvalue weighted by Gasteiger charge is 2.32. The zero-order valence-corrected chi connectivity index (χ0v) is 19.2. The molecule has 1 heterocycles. The van der Waals surface area contributed by atoms with Crippen molar-refractivity contribution in [2.75, 3.05) is 20.3 Å². The molecule has 1 aliphatic rings. The van der Waals surface area contributed by atoms with Gasteiger partial charge in [-0.3, -0.25) is 15.0 Å². The van der Waals surface area contributed by atoms with Gasteiger partial charge in [0.05, 0.1) is 12.0 Å². The standard InChI is InChI=1S/C22H23N3O8S/c1-30-18-8-4-16(5-9-18)12-31-21(26)14-33-23-20-10-19(34)11-24(20)22(27)32-13-15-2-6-17(7-3-15)25(28)29/h2-9,19,34H,10-14H2,1H3/t19-/m0/s1. The van der Waals surface area contributed by atoms with Crippen molar-refractivity contribution in [3.8, 4) is 5.75 Å². The van der Waals surface area contributed by atoms with Crippen LogP contribution in [0.1, 0.15) is 17.5 Å². The molecular formula is C22H23N3O8S. The maximum Gasteiger partial charge on any atom is 0.415 e. The monoisotopic (exact) mass is 489 g/mol. The van der Waals surface area contributed by atoms with Crippen LogP contribution in [0.15, 0.2) is 53.7 Å². The molecule has 34 heavy (non-hydrogen) atoms. The van der Waals surface area contributed by atoms with Crippen LogP contribution in [-0.4, -0.2) is 53.2 Å². The summed E-state index contributed by atoms with van der Waals surface area (Å²) >= 11 is 4.37. The van der Waals surface area contributed by atoms with E-state index in [1.807, 2.05) is 0 Å². The number of oxime groups is 1. The second-order valence-corrected chi connectivity index (χ2v) is 7.97. The summed E-state index contributed by atoms with van der Waals surface area (Å²) in [5.41, 5.74) is 1.33. The Balaban J connectivity index is 1.46. The maximum atomic E-state index is 12.5. The van der Waals surface area contributed by atoms with Gasteiger partial charge < -0.3 is 19.0 Å². The Morgan fingerprint density at radius 3 is 2.32 bits per heavy atom. The third kappa shape index (κ3) is 7.10. The molecular weight excluding hydrogens is 466 g/mol. The van der Waals surface area contributed by atoms with Gasteiger partial charge in [0.25, 0.3) is 5.69 Å². The Morgan fingerprint density at radius 1 is 1.09 bits per heavy atom. The van der Waals surface area contributed by atoms with Crippen molar-refractivity contribution in [3.05, 3.63) is 69.8 Å². The normalized spacial score (nSPS) is 16.2. The third-order valence-corrected chi connectivity index (χ3v) is 5.11. The fourth-order valence-electron chi connectivity index (χ4n) is 2.99. The molecule has 1 fully saturated rings. The number of carbonyl (C=O) groups excluding carboxylic acids is 2. The number of ether oxygens (including phenoxy) is 3.